The molecule has 0 radical (unpaired) electrons. The number of rotatable bonds is 6. The molecule has 284 valence electrons. The van der Waals surface area contributed by atoms with Crippen LogP contribution in [0, 0.1) is 25.2 Å². The summed E-state index contributed by atoms with van der Waals surface area (Å²) in [5, 5.41) is 24.8. The second-order valence-electron chi connectivity index (χ2n) is 9.35. The standard InChI is InChI=1S/C11H9NO3.C7H7N3O.C6H9N3O.C3H4N2O.C3H6O2.2CH3O.Li.2Na.H2O/c1-7(13)6-12-10(14)8-4-2-3-5-9(8)11(12)15;1-4-2-8-6-5(4)7(11)10-3-9-6;1-3-2-9-5(7)4(3)6(8)10;4-2-1-3(5)6;1-2-5-3-4;2*1-2;;;;/h2-5H,6H2,1H3;2-3H,1H3,(H2,8,9,10,11);2,9H,7H2,1H3,(H2,8,10);1H2,(H2,5,6);3H,2H2,1H3;2*1H3;;;;1H2/q;;;;;2*-1;3*+1;/p-1. The first-order chi connectivity index (χ1) is 24.2. The molecule has 20 nitrogen and oxygen atoms in total. The Labute approximate surface area is 373 Å². The molecule has 0 fully saturated rings. The van der Waals surface area contributed by atoms with Crippen molar-refractivity contribution in [1.29, 1.82) is 5.26 Å². The zero-order valence-electron chi connectivity index (χ0n) is 32.3. The van der Waals surface area contributed by atoms with Crippen molar-refractivity contribution in [3.8, 4) is 6.07 Å². The van der Waals surface area contributed by atoms with Crippen molar-refractivity contribution in [2.75, 3.05) is 33.1 Å². The van der Waals surface area contributed by atoms with Gasteiger partial charge in [-0.25, -0.2) is 4.98 Å². The van der Waals surface area contributed by atoms with Crippen molar-refractivity contribution in [1.82, 2.24) is 24.8 Å². The Hall–Kier alpha value is -4.09. The number of ether oxygens (including phenoxy) is 1. The van der Waals surface area contributed by atoms with Gasteiger partial charge in [-0.05, 0) is 51.0 Å². The fourth-order valence-corrected chi connectivity index (χ4v) is 3.74. The average molecular weight is 782 g/mol. The van der Waals surface area contributed by atoms with Gasteiger partial charge in [-0.1, -0.05) is 12.1 Å². The minimum Gasteiger partial charge on any atom is -0.870 e. The van der Waals surface area contributed by atoms with Gasteiger partial charge in [-0.2, -0.15) is 19.5 Å². The number of aryl methyl sites for hydroxylation is 2. The van der Waals surface area contributed by atoms with Gasteiger partial charge in [0.1, 0.15) is 23.7 Å². The predicted octanol–water partition coefficient (Wildman–Crippen LogP) is -10.2. The van der Waals surface area contributed by atoms with E-state index in [0.717, 1.165) is 30.2 Å². The number of aromatic amines is 3. The van der Waals surface area contributed by atoms with E-state index >= 15 is 0 Å². The Bertz CT molecular complexity index is 1810. The molecule has 23 heteroatoms. The van der Waals surface area contributed by atoms with E-state index in [1.165, 1.54) is 13.3 Å². The number of anilines is 1. The van der Waals surface area contributed by atoms with Crippen LogP contribution in [-0.2, 0) is 19.1 Å². The van der Waals surface area contributed by atoms with Gasteiger partial charge in [-0.3, -0.25) is 38.5 Å². The second kappa shape index (κ2) is 35.6. The summed E-state index contributed by atoms with van der Waals surface area (Å²) in [6, 6.07) is 8.17. The third kappa shape index (κ3) is 22.2. The van der Waals surface area contributed by atoms with E-state index in [1.54, 1.807) is 56.6 Å². The molecule has 0 atom stereocenters. The molecule has 4 amide bonds. The first-order valence-corrected chi connectivity index (χ1v) is 14.4. The third-order valence-electron chi connectivity index (χ3n) is 5.77. The van der Waals surface area contributed by atoms with Crippen molar-refractivity contribution >= 4 is 52.7 Å². The summed E-state index contributed by atoms with van der Waals surface area (Å²) in [7, 11) is 1.50. The number of hydrogen-bond donors (Lipinski definition) is 6. The number of primary amides is 2. The van der Waals surface area contributed by atoms with Crippen LogP contribution in [0.2, 0.25) is 0 Å². The molecule has 0 bridgehead atoms. The Morgan fingerprint density at radius 1 is 0.945 bits per heavy atom. The van der Waals surface area contributed by atoms with Crippen LogP contribution < -0.4 is 111 Å². The van der Waals surface area contributed by atoms with Crippen molar-refractivity contribution in [2.45, 2.75) is 34.1 Å². The van der Waals surface area contributed by atoms with E-state index in [4.69, 9.17) is 26.9 Å². The molecule has 55 heavy (non-hydrogen) atoms. The Morgan fingerprint density at radius 3 is 1.73 bits per heavy atom. The molecule has 0 spiro atoms. The number of nitriles is 1. The minimum absolute atomic E-state index is 0. The van der Waals surface area contributed by atoms with Gasteiger partial charge in [0, 0.05) is 12.4 Å². The number of hydrogen-bond acceptors (Lipinski definition) is 14. The molecule has 10 N–H and O–H groups in total. The van der Waals surface area contributed by atoms with Crippen LogP contribution in [0.5, 0.6) is 0 Å². The van der Waals surface area contributed by atoms with Gasteiger partial charge in [0.25, 0.3) is 29.8 Å². The van der Waals surface area contributed by atoms with Crippen LogP contribution in [0.25, 0.3) is 11.0 Å². The summed E-state index contributed by atoms with van der Waals surface area (Å²) in [6.07, 6.45) is 4.63. The fourth-order valence-electron chi connectivity index (χ4n) is 3.74. The van der Waals surface area contributed by atoms with Gasteiger partial charge in [0.15, 0.2) is 0 Å². The van der Waals surface area contributed by atoms with Crippen LogP contribution in [-0.4, -0.2) is 93.6 Å². The van der Waals surface area contributed by atoms with E-state index in [0.29, 0.717) is 46.6 Å². The maximum atomic E-state index is 11.7. The average Bonchev–Trinajstić information content (AvgIpc) is 3.73. The number of nitrogens with one attached hydrogen (secondary N) is 3. The number of aromatic nitrogens is 4. The number of ketones is 1. The molecule has 1 aliphatic heterocycles. The molecular formula is C32H42LiN9Na2O11. The molecule has 1 aromatic carbocycles. The summed E-state index contributed by atoms with van der Waals surface area (Å²) in [4.78, 5) is 87.9. The number of nitrogens with zero attached hydrogens (tertiary/aromatic N) is 3. The predicted molar refractivity (Wildman–Crippen MR) is 183 cm³/mol. The van der Waals surface area contributed by atoms with Crippen LogP contribution in [0.4, 0.5) is 5.82 Å². The van der Waals surface area contributed by atoms with Gasteiger partial charge >= 0.3 is 78.0 Å². The van der Waals surface area contributed by atoms with Gasteiger partial charge in [0.05, 0.1) is 47.6 Å². The van der Waals surface area contributed by atoms with Gasteiger partial charge < -0.3 is 52.6 Å². The Kier molecular flexibility index (Phi) is 40.7. The van der Waals surface area contributed by atoms with Crippen LogP contribution in [0.15, 0.2) is 47.8 Å². The second-order valence-corrected chi connectivity index (χ2v) is 9.35. The molecule has 0 unspecified atom stereocenters. The minimum atomic E-state index is -0.572. The van der Waals surface area contributed by atoms with E-state index in [2.05, 4.69) is 30.4 Å². The van der Waals surface area contributed by atoms with Gasteiger partial charge in [-0.15, -0.1) is 0 Å². The zero-order valence-corrected chi connectivity index (χ0v) is 36.3. The van der Waals surface area contributed by atoms with Crippen molar-refractivity contribution < 1.29 is 127 Å². The van der Waals surface area contributed by atoms with E-state index in [-0.39, 0.29) is 120 Å². The van der Waals surface area contributed by atoms with E-state index in [9.17, 15) is 33.6 Å². The topological polar surface area (TPSA) is 370 Å². The molecule has 4 heterocycles. The molecule has 0 aliphatic carbocycles. The molecular weight excluding hydrogens is 739 g/mol. The monoisotopic (exact) mass is 781 g/mol. The summed E-state index contributed by atoms with van der Waals surface area (Å²) in [5.74, 6) is -1.69. The van der Waals surface area contributed by atoms with Crippen LogP contribution in [0.1, 0.15) is 62.5 Å². The molecule has 0 saturated heterocycles. The van der Waals surface area contributed by atoms with Gasteiger partial charge in [0.2, 0.25) is 5.91 Å². The molecule has 5 rings (SSSR count). The normalized spacial score (nSPS) is 9.33. The number of carbonyl (C=O) groups excluding carboxylic acids is 6. The van der Waals surface area contributed by atoms with Crippen molar-refractivity contribution in [3.63, 3.8) is 0 Å². The number of benzene rings is 1. The number of amides is 4. The Balaban J connectivity index is -0.000000137. The molecule has 4 aromatic rings. The molecule has 3 aromatic heterocycles. The number of nitrogens with two attached hydrogens (primary N) is 3. The van der Waals surface area contributed by atoms with E-state index in [1.807, 2.05) is 6.92 Å². The van der Waals surface area contributed by atoms with Crippen molar-refractivity contribution in [2.24, 2.45) is 11.5 Å². The fraction of sp³-hybridized carbons (Fsp3) is 0.281. The van der Waals surface area contributed by atoms with Crippen LogP contribution in [0.3, 0.4) is 0 Å². The Morgan fingerprint density at radius 2 is 1.44 bits per heavy atom. The van der Waals surface area contributed by atoms with Crippen LogP contribution >= 0.6 is 0 Å². The van der Waals surface area contributed by atoms with Crippen molar-refractivity contribution in [3.05, 3.63) is 81.2 Å². The number of imide groups is 1. The first-order valence-electron chi connectivity index (χ1n) is 14.4. The maximum Gasteiger partial charge on any atom is 1.00 e. The summed E-state index contributed by atoms with van der Waals surface area (Å²) >= 11 is 0. The van der Waals surface area contributed by atoms with E-state index < -0.39 is 11.8 Å². The number of carbonyl (C=O) groups is 6. The summed E-state index contributed by atoms with van der Waals surface area (Å²) in [6.45, 7) is 7.51. The number of H-pyrrole nitrogens is 3. The molecule has 1 aliphatic rings. The number of Topliss-reactive ketones (excluding diaryl/α,β-unsaturated/α-hetero) is 1. The molecule has 0 saturated carbocycles. The summed E-state index contributed by atoms with van der Waals surface area (Å²) < 4.78 is 4.15. The quantitative estimate of drug-likeness (QED) is 0.0601. The number of fused-ring (bicyclic) bond motifs is 2. The number of nitrogen functional groups attached to an aromatic ring is 1. The maximum absolute atomic E-state index is 11.7. The largest absolute Gasteiger partial charge is 1.00 e. The summed E-state index contributed by atoms with van der Waals surface area (Å²) in [5.41, 5.74) is 18.4. The third-order valence-corrected chi connectivity index (χ3v) is 5.77. The SMILES string of the molecule is CC(=O)CN1C(=O)c2ccccc2C1=O.CCOC=O.C[O-].C[O-].Cc1c[nH]c(N)c1C(N)=O.Cc1c[nH]c2nc[nH]c(=O)c12.N#CCC(N)=O.[Li+].[Na+].[Na+].[OH-]. The first kappa shape index (κ1) is 62.9. The zero-order chi connectivity index (χ0) is 39.7. The smallest absolute Gasteiger partial charge is 0.870 e.